The van der Waals surface area contributed by atoms with Crippen LogP contribution in [-0.4, -0.2) is 387 Å². The van der Waals surface area contributed by atoms with E-state index < -0.39 is 291 Å². The molecule has 0 aromatic carbocycles. The predicted molar refractivity (Wildman–Crippen MR) is 471 cm³/mol. The molecule has 54 nitrogen and oxygen atoms in total. The number of amides is 3. The summed E-state index contributed by atoms with van der Waals surface area (Å²) in [5.41, 5.74) is -0.816. The highest BCUT2D eigenvalue weighted by Crippen LogP contribution is 2.54. The fraction of sp³-hybridized carbons (Fsp3) is 0.896. The highest BCUT2D eigenvalue weighted by Gasteiger charge is 2.50. The number of carbonyl (C=O) groups excluding carboxylic acids is 3. The van der Waals surface area contributed by atoms with Crippen molar-refractivity contribution in [3.05, 3.63) is 18.3 Å². The summed E-state index contributed by atoms with van der Waals surface area (Å²) in [5, 5.41) is 109. The van der Waals surface area contributed by atoms with Gasteiger partial charge in [0, 0.05) is 78.3 Å². The maximum Gasteiger partial charge on any atom is 0.474 e. The van der Waals surface area contributed by atoms with Crippen LogP contribution in [-0.2, 0) is 144 Å². The molecule has 0 radical (unpaired) electrons. The molecule has 0 bridgehead atoms. The van der Waals surface area contributed by atoms with E-state index in [2.05, 4.69) is 30.9 Å². The van der Waals surface area contributed by atoms with Gasteiger partial charge in [-0.3, -0.25) is 64.2 Å². The lowest BCUT2D eigenvalue weighted by Crippen LogP contribution is -2.64. The number of hydrogen-bond acceptors (Lipinski definition) is 44. The molecule has 3 saturated heterocycles. The van der Waals surface area contributed by atoms with Gasteiger partial charge in [0.15, 0.2) is 38.1 Å². The van der Waals surface area contributed by atoms with Gasteiger partial charge in [-0.2, -0.15) is 0 Å². The molecule has 2 aromatic rings. The minimum absolute atomic E-state index is 0.0668. The highest BCUT2D eigenvalue weighted by atomic mass is 31.2. The van der Waals surface area contributed by atoms with Gasteiger partial charge in [0.05, 0.1) is 142 Å². The molecule has 5 heterocycles. The number of aliphatic hydroxyl groups is 10. The molecule has 2 aromatic heterocycles. The van der Waals surface area contributed by atoms with E-state index in [4.69, 9.17) is 102 Å². The van der Waals surface area contributed by atoms with Crippen molar-refractivity contribution in [2.24, 2.45) is 17.3 Å². The molecule has 25 atom stereocenters. The van der Waals surface area contributed by atoms with Crippen LogP contribution in [0.5, 0.6) is 0 Å². The van der Waals surface area contributed by atoms with Gasteiger partial charge in [0.2, 0.25) is 17.7 Å². The van der Waals surface area contributed by atoms with Gasteiger partial charge < -0.3 is 158 Å². The molecular formula is C77H143N7O47P6. The second kappa shape index (κ2) is 62.7. The van der Waals surface area contributed by atoms with Crippen LogP contribution in [0, 0.1) is 24.2 Å². The van der Waals surface area contributed by atoms with Crippen LogP contribution in [0.15, 0.2) is 12.7 Å². The van der Waals surface area contributed by atoms with E-state index in [9.17, 15) is 122 Å². The number of nitrogens with zero attached hydrogens (tertiary/aromatic N) is 4. The molecule has 137 heavy (non-hydrogen) atoms. The van der Waals surface area contributed by atoms with Crippen LogP contribution in [0.2, 0.25) is 0 Å². The van der Waals surface area contributed by atoms with Crippen molar-refractivity contribution in [2.45, 2.75) is 260 Å². The van der Waals surface area contributed by atoms with Gasteiger partial charge in [-0.05, 0) is 77.6 Å². The molecule has 60 heteroatoms. The quantitative estimate of drug-likeness (QED) is 0.0250. The van der Waals surface area contributed by atoms with Crippen molar-refractivity contribution < 1.29 is 224 Å². The highest BCUT2D eigenvalue weighted by molar-refractivity contribution is 7.53. The van der Waals surface area contributed by atoms with Crippen molar-refractivity contribution in [3.8, 4) is 0 Å². The van der Waals surface area contributed by atoms with E-state index in [1.54, 1.807) is 11.5 Å². The van der Waals surface area contributed by atoms with Crippen LogP contribution in [0.1, 0.15) is 156 Å². The van der Waals surface area contributed by atoms with Crippen LogP contribution in [0.3, 0.4) is 0 Å². The Morgan fingerprint density at radius 3 is 1.15 bits per heavy atom. The van der Waals surface area contributed by atoms with Crippen molar-refractivity contribution in [1.29, 1.82) is 0 Å². The lowest BCUT2D eigenvalue weighted by molar-refractivity contribution is -0.270. The normalized spacial score (nSPS) is 27.7. The number of imidazole rings is 1. The Morgan fingerprint density at radius 2 is 0.796 bits per heavy atom. The summed E-state index contributed by atoms with van der Waals surface area (Å²) in [6.45, 7) is -1.91. The molecule has 3 aliphatic heterocycles. The third-order valence-electron chi connectivity index (χ3n) is 21.8. The number of ether oxygens (including phenoxy) is 11. The summed E-state index contributed by atoms with van der Waals surface area (Å²) in [6.07, 6.45) is -9.16. The minimum Gasteiger partial charge on any atom is -0.396 e. The van der Waals surface area contributed by atoms with Gasteiger partial charge in [0.25, 0.3) is 0 Å². The number of fused-ring (bicyclic) bond motifs is 1. The van der Waals surface area contributed by atoms with Crippen molar-refractivity contribution in [1.82, 2.24) is 35.5 Å². The number of aliphatic hydroxyl groups excluding tert-OH is 10. The molecule has 798 valence electrons. The molecule has 6 rings (SSSR count). The maximum absolute atomic E-state index is 13.8. The number of phosphoric acid groups is 5. The number of aryl methyl sites for hydroxylation is 1. The first kappa shape index (κ1) is 123. The molecular weight excluding hydrogens is 1960 g/mol. The predicted octanol–water partition coefficient (Wildman–Crippen LogP) is 1.06. The van der Waals surface area contributed by atoms with Gasteiger partial charge in [-0.25, -0.2) is 37.8 Å². The topological polar surface area (TPSA) is 760 Å². The molecule has 1 aliphatic carbocycles. The summed E-state index contributed by atoms with van der Waals surface area (Å²) in [4.78, 5) is 113. The van der Waals surface area contributed by atoms with Crippen molar-refractivity contribution in [2.75, 3.05) is 166 Å². The second-order valence-electron chi connectivity index (χ2n) is 33.5. The fourth-order valence-electron chi connectivity index (χ4n) is 14.3. The van der Waals surface area contributed by atoms with E-state index in [0.717, 1.165) is 0 Å². The van der Waals surface area contributed by atoms with Crippen LogP contribution in [0.4, 0.5) is 0 Å². The largest absolute Gasteiger partial charge is 0.474 e. The van der Waals surface area contributed by atoms with Crippen molar-refractivity contribution >= 4 is 75.6 Å². The van der Waals surface area contributed by atoms with Crippen LogP contribution >= 0.6 is 46.7 Å². The first-order valence-corrected chi connectivity index (χ1v) is 54.3. The zero-order valence-corrected chi connectivity index (χ0v) is 83.1. The lowest BCUT2D eigenvalue weighted by atomic mass is 9.92. The minimum atomic E-state index is -5.22. The van der Waals surface area contributed by atoms with E-state index in [-0.39, 0.29) is 117 Å². The lowest BCUT2D eigenvalue weighted by Gasteiger charge is -2.42. The average Bonchev–Trinajstić information content (AvgIpc) is 1.67. The molecule has 13 unspecified atom stereocenters. The standard InChI is InChI=1S/C77H143N7O47P6/c1-51(2)132(98,99)124-42-57-34-58(84-48-80-63-52(3)78-47-79-73(63)84)35-59(57)131-137(108,109)127-50-114-41-56(36-85)40-113-49-126-136(106,107)125-46-77(43-110-22-19-31-121-133(100,101)118-28-16-10-7-13-25-115-74-64(81-53(4)89)70(95)67(92)60(37-86)128-74,44-111-23-20-32-122-134(102,103)119-29-17-11-8-14-26-116-75-65(82-54(5)90)71(96)68(93)61(38-87)129-75)45-112-24-21-33-123-135(104,105)120-30-18-12-9-15-27-117-76-66(83-55(6)91)72(97)69(94)62(39-88)130-76/h47-48,51,56-62,64-72,74-76,85-88,92-97H,7-46,49-50H2,1-6H3,(H,81,89)(H,82,90)(H,83,91)(H,98,99)(H,100,101)(H,102,103)(H,104,105)(H,106,107)(H,108,109)/t56?,57-,58-,59+,60?,61?,62?,64?,65?,66?,67+,68+,69+,70-,71-,72-,74-,75-,76-,77?/m1/s1. The number of phosphoric ester groups is 5. The Morgan fingerprint density at radius 1 is 0.438 bits per heavy atom. The Bertz CT molecular complexity index is 3860. The smallest absolute Gasteiger partial charge is 0.396 e. The Kier molecular flexibility index (Phi) is 56.1. The first-order chi connectivity index (χ1) is 64.9. The van der Waals surface area contributed by atoms with Gasteiger partial charge in [-0.15, -0.1) is 0 Å². The number of nitrogens with one attached hydrogen (secondary N) is 3. The number of hydrogen-bond donors (Lipinski definition) is 19. The fourth-order valence-corrected chi connectivity index (χ4v) is 19.0. The zero-order valence-electron chi connectivity index (χ0n) is 77.7. The van der Waals surface area contributed by atoms with Gasteiger partial charge in [-0.1, -0.05) is 52.4 Å². The van der Waals surface area contributed by atoms with E-state index in [1.165, 1.54) is 47.3 Å². The maximum atomic E-state index is 13.8. The Hall–Kier alpha value is -3.18. The first-order valence-electron chi connectivity index (χ1n) is 45.2. The third kappa shape index (κ3) is 45.0. The molecule has 19 N–H and O–H groups in total. The Labute approximate surface area is 793 Å². The van der Waals surface area contributed by atoms with Gasteiger partial charge >= 0.3 is 46.7 Å². The number of rotatable bonds is 75. The van der Waals surface area contributed by atoms with Crippen molar-refractivity contribution in [3.63, 3.8) is 0 Å². The summed E-state index contributed by atoms with van der Waals surface area (Å²) in [5.74, 6) is -3.23. The van der Waals surface area contributed by atoms with Crippen LogP contribution < -0.4 is 16.0 Å². The molecule has 4 fully saturated rings. The number of carbonyl (C=O) groups is 3. The SMILES string of the molecule is CC(=O)NC1[C@H](OCCCCCCOP(=O)(O)OCCCOCC(COCCCOP(=O)(O)OCCCCCCO[C@@H]2OC(CO)[C@H](O)[C@H](O)C2NC(C)=O)(COCCCOP(=O)(O)OCCCCCCO[C@@H]2OC(CO)[C@H](O)[C@H](O)C2NC(C)=O)COP(=O)(O)OCOCC(CO)COCOP(=O)(O)O[C@H]2C[C@H](n3cnc4c(C)ncnc43)C[C@@H]2COP(=O)(O)C(C)C)OC(CO)[C@H](O)[C@@H]1O. The monoisotopic (exact) mass is 2100 g/mol. The Balaban J connectivity index is 1.05. The number of unbranched alkanes of at least 4 members (excludes halogenated alkanes) is 9. The van der Waals surface area contributed by atoms with Gasteiger partial charge in [0.1, 0.15) is 84.9 Å². The van der Waals surface area contributed by atoms with E-state index >= 15 is 0 Å². The summed E-state index contributed by atoms with van der Waals surface area (Å²) in [7, 11) is -28.3. The van der Waals surface area contributed by atoms with E-state index in [0.29, 0.717) is 74.6 Å². The summed E-state index contributed by atoms with van der Waals surface area (Å²) in [6, 6.07) is -3.84. The number of aromatic nitrogens is 4. The van der Waals surface area contributed by atoms with E-state index in [1.807, 2.05) is 0 Å². The molecule has 1 saturated carbocycles. The average molecular weight is 2100 g/mol. The zero-order chi connectivity index (χ0) is 101. The molecule has 4 aliphatic rings. The summed E-state index contributed by atoms with van der Waals surface area (Å²) < 4.78 is 202. The molecule has 0 spiro atoms. The van der Waals surface area contributed by atoms with Crippen LogP contribution in [0.25, 0.3) is 11.2 Å². The third-order valence-corrected chi connectivity index (χ3v) is 28.5. The summed E-state index contributed by atoms with van der Waals surface area (Å²) >= 11 is 0. The second-order valence-corrected chi connectivity index (χ2v) is 43.2. The molecule has 3 amide bonds.